The van der Waals surface area contributed by atoms with Crippen molar-refractivity contribution in [2.45, 2.75) is 85.8 Å². The topological polar surface area (TPSA) is 248 Å². The molecule has 0 aromatic heterocycles. The first kappa shape index (κ1) is 27.0. The summed E-state index contributed by atoms with van der Waals surface area (Å²) < 4.78 is 26.5. The molecule has 0 amide bonds. The zero-order valence-corrected chi connectivity index (χ0v) is 17.4. The van der Waals surface area contributed by atoms with Crippen LogP contribution in [0.3, 0.4) is 0 Å². The SMILES string of the molecule is OC[C@@H]1O[C@@H](OC[C@H]2O[C@H](CO[C@@H]3O[C@@H](CO)[C@@H](O)[C@H](O)[C@H]3O)[C@@H](O)[C@@H]2O)[C@H](O)[C@@H](O)[C@@H]1O. The van der Waals surface area contributed by atoms with Gasteiger partial charge in [-0.3, -0.25) is 0 Å². The fourth-order valence-electron chi connectivity index (χ4n) is 3.89. The maximum Gasteiger partial charge on any atom is 0.186 e. The lowest BCUT2D eigenvalue weighted by Gasteiger charge is -2.40. The van der Waals surface area contributed by atoms with Crippen molar-refractivity contribution in [3.8, 4) is 0 Å². The van der Waals surface area contributed by atoms with E-state index in [9.17, 15) is 51.1 Å². The van der Waals surface area contributed by atoms with Gasteiger partial charge in [0, 0.05) is 0 Å². The molecule has 0 aromatic rings. The highest BCUT2D eigenvalue weighted by Gasteiger charge is 2.48. The number of hydrogen-bond donors (Lipinski definition) is 10. The summed E-state index contributed by atoms with van der Waals surface area (Å²) in [4.78, 5) is 0. The molecule has 0 aliphatic carbocycles. The molecule has 0 bridgehead atoms. The first-order chi connectivity index (χ1) is 15.6. The molecule has 3 saturated heterocycles. The van der Waals surface area contributed by atoms with Gasteiger partial charge in [-0.05, 0) is 0 Å². The molecule has 3 fully saturated rings. The molecule has 14 atom stereocenters. The van der Waals surface area contributed by atoms with Crippen molar-refractivity contribution in [1.82, 2.24) is 0 Å². The third-order valence-corrected chi connectivity index (χ3v) is 6.01. The van der Waals surface area contributed by atoms with E-state index in [-0.39, 0.29) is 0 Å². The largest absolute Gasteiger partial charge is 0.394 e. The lowest BCUT2D eigenvalue weighted by Crippen LogP contribution is -2.59. The van der Waals surface area contributed by atoms with Crippen LogP contribution in [0.5, 0.6) is 0 Å². The highest BCUT2D eigenvalue weighted by atomic mass is 16.7. The van der Waals surface area contributed by atoms with E-state index in [2.05, 4.69) is 0 Å². The minimum atomic E-state index is -1.66. The molecule has 0 radical (unpaired) electrons. The highest BCUT2D eigenvalue weighted by molar-refractivity contribution is 4.93. The van der Waals surface area contributed by atoms with Crippen molar-refractivity contribution < 1.29 is 74.7 Å². The van der Waals surface area contributed by atoms with Crippen LogP contribution in [-0.2, 0) is 23.7 Å². The number of aliphatic hydroxyl groups is 10. The summed E-state index contributed by atoms with van der Waals surface area (Å²) in [6.07, 6.45) is -20.2. The molecule has 3 rings (SSSR count). The summed E-state index contributed by atoms with van der Waals surface area (Å²) in [6.45, 7) is -2.14. The van der Waals surface area contributed by atoms with E-state index < -0.39 is 112 Å². The predicted octanol–water partition coefficient (Wildman–Crippen LogP) is -6.89. The molecule has 3 aliphatic heterocycles. The summed E-state index contributed by atoms with van der Waals surface area (Å²) in [7, 11) is 0. The quantitative estimate of drug-likeness (QED) is 0.152. The minimum Gasteiger partial charge on any atom is -0.394 e. The van der Waals surface area contributed by atoms with Gasteiger partial charge >= 0.3 is 0 Å². The maximum absolute atomic E-state index is 10.2. The third-order valence-electron chi connectivity index (χ3n) is 6.01. The Bertz CT molecular complexity index is 557. The maximum atomic E-state index is 10.2. The van der Waals surface area contributed by atoms with Gasteiger partial charge in [-0.2, -0.15) is 0 Å². The van der Waals surface area contributed by atoms with Crippen molar-refractivity contribution >= 4 is 0 Å². The summed E-state index contributed by atoms with van der Waals surface area (Å²) in [5.74, 6) is 0. The van der Waals surface area contributed by atoms with Crippen LogP contribution < -0.4 is 0 Å². The lowest BCUT2D eigenvalue weighted by molar-refractivity contribution is -0.309. The van der Waals surface area contributed by atoms with Gasteiger partial charge in [0.15, 0.2) is 12.6 Å². The molecular weight excluding hydrogens is 456 g/mol. The van der Waals surface area contributed by atoms with E-state index in [4.69, 9.17) is 23.7 Å². The molecule has 0 unspecified atom stereocenters. The van der Waals surface area contributed by atoms with Gasteiger partial charge in [0.05, 0.1) is 26.4 Å². The van der Waals surface area contributed by atoms with Gasteiger partial charge in [-0.25, -0.2) is 0 Å². The fourth-order valence-corrected chi connectivity index (χ4v) is 3.89. The summed E-state index contributed by atoms with van der Waals surface area (Å²) in [6, 6.07) is 0. The second-order valence-corrected chi connectivity index (χ2v) is 8.26. The number of hydrogen-bond acceptors (Lipinski definition) is 15. The molecule has 33 heavy (non-hydrogen) atoms. The molecule has 15 nitrogen and oxygen atoms in total. The Labute approximate surface area is 187 Å². The van der Waals surface area contributed by atoms with Gasteiger partial charge in [-0.1, -0.05) is 0 Å². The van der Waals surface area contributed by atoms with Crippen LogP contribution in [0.4, 0.5) is 0 Å². The molecule has 194 valence electrons. The van der Waals surface area contributed by atoms with Gasteiger partial charge in [0.25, 0.3) is 0 Å². The normalized spacial score (nSPS) is 51.1. The zero-order valence-electron chi connectivity index (χ0n) is 17.4. The predicted molar refractivity (Wildman–Crippen MR) is 100 cm³/mol. The molecular formula is C18H32O15. The van der Waals surface area contributed by atoms with Crippen molar-refractivity contribution in [3.05, 3.63) is 0 Å². The second kappa shape index (κ2) is 11.4. The molecule has 0 spiro atoms. The molecule has 0 saturated carbocycles. The van der Waals surface area contributed by atoms with Crippen LogP contribution in [-0.4, -0.2) is 163 Å². The van der Waals surface area contributed by atoms with Gasteiger partial charge in [0.2, 0.25) is 0 Å². The average Bonchev–Trinajstić information content (AvgIpc) is 3.08. The van der Waals surface area contributed by atoms with Crippen molar-refractivity contribution in [2.24, 2.45) is 0 Å². The van der Waals surface area contributed by atoms with E-state index >= 15 is 0 Å². The fraction of sp³-hybridized carbons (Fsp3) is 1.00. The number of ether oxygens (including phenoxy) is 5. The van der Waals surface area contributed by atoms with Crippen LogP contribution in [0.25, 0.3) is 0 Å². The Morgan fingerprint density at radius 1 is 0.424 bits per heavy atom. The molecule has 3 heterocycles. The van der Waals surface area contributed by atoms with E-state index in [1.807, 2.05) is 0 Å². The Morgan fingerprint density at radius 2 is 0.758 bits per heavy atom. The third kappa shape index (κ3) is 5.64. The van der Waals surface area contributed by atoms with Crippen LogP contribution in [0.2, 0.25) is 0 Å². The number of aliphatic hydroxyl groups excluding tert-OH is 10. The first-order valence-electron chi connectivity index (χ1n) is 10.5. The Morgan fingerprint density at radius 3 is 1.09 bits per heavy atom. The minimum absolute atomic E-state index is 0.419. The summed E-state index contributed by atoms with van der Waals surface area (Å²) >= 11 is 0. The van der Waals surface area contributed by atoms with Crippen LogP contribution >= 0.6 is 0 Å². The Balaban J connectivity index is 1.51. The Kier molecular flexibility index (Phi) is 9.35. The number of rotatable bonds is 8. The molecule has 15 heteroatoms. The van der Waals surface area contributed by atoms with E-state index in [1.165, 1.54) is 0 Å². The lowest BCUT2D eigenvalue weighted by atomic mass is 9.99. The van der Waals surface area contributed by atoms with E-state index in [0.29, 0.717) is 0 Å². The van der Waals surface area contributed by atoms with Crippen molar-refractivity contribution in [3.63, 3.8) is 0 Å². The second-order valence-electron chi connectivity index (χ2n) is 8.26. The van der Waals surface area contributed by atoms with Crippen LogP contribution in [0.15, 0.2) is 0 Å². The van der Waals surface area contributed by atoms with Crippen LogP contribution in [0, 0.1) is 0 Å². The highest BCUT2D eigenvalue weighted by Crippen LogP contribution is 2.27. The van der Waals surface area contributed by atoms with Crippen molar-refractivity contribution in [1.29, 1.82) is 0 Å². The Hall–Kier alpha value is -0.600. The van der Waals surface area contributed by atoms with Crippen molar-refractivity contribution in [2.75, 3.05) is 26.4 Å². The average molecular weight is 488 g/mol. The van der Waals surface area contributed by atoms with Gasteiger partial charge in [-0.15, -0.1) is 0 Å². The van der Waals surface area contributed by atoms with Gasteiger partial charge < -0.3 is 74.7 Å². The molecule has 0 aromatic carbocycles. The van der Waals surface area contributed by atoms with E-state index in [1.54, 1.807) is 0 Å². The smallest absolute Gasteiger partial charge is 0.186 e. The standard InChI is InChI=1S/C18H32O15/c19-1-5-9(21)13(25)15(27)17(32-5)29-3-7-11(23)12(24)8(31-7)4-30-18-16(28)14(26)10(22)6(2-20)33-18/h5-28H,1-4H2/t5-,6-,7+,8+,9+,10+,11+,12+,13-,14-,15+,16+,17+,18+/m0/s1. The van der Waals surface area contributed by atoms with Crippen LogP contribution in [0.1, 0.15) is 0 Å². The summed E-state index contributed by atoms with van der Waals surface area (Å²) in [5, 5.41) is 98.0. The molecule has 3 aliphatic rings. The first-order valence-corrected chi connectivity index (χ1v) is 10.5. The summed E-state index contributed by atoms with van der Waals surface area (Å²) in [5.41, 5.74) is 0. The monoisotopic (exact) mass is 488 g/mol. The van der Waals surface area contributed by atoms with Gasteiger partial charge in [0.1, 0.15) is 73.2 Å². The van der Waals surface area contributed by atoms with E-state index in [0.717, 1.165) is 0 Å². The zero-order chi connectivity index (χ0) is 24.4. The molecule has 10 N–H and O–H groups in total.